The minimum atomic E-state index is -0.489. The van der Waals surface area contributed by atoms with Crippen molar-refractivity contribution in [3.05, 3.63) is 29.8 Å². The van der Waals surface area contributed by atoms with Crippen molar-refractivity contribution in [2.24, 2.45) is 5.92 Å². The summed E-state index contributed by atoms with van der Waals surface area (Å²) in [6, 6.07) is 8.31. The number of para-hydroxylation sites is 1. The van der Waals surface area contributed by atoms with Gasteiger partial charge < -0.3 is 19.4 Å². The third-order valence-corrected chi connectivity index (χ3v) is 6.14. The number of amides is 2. The zero-order chi connectivity index (χ0) is 22.6. The van der Waals surface area contributed by atoms with Gasteiger partial charge in [-0.05, 0) is 78.0 Å². The van der Waals surface area contributed by atoms with E-state index >= 15 is 0 Å². The lowest BCUT2D eigenvalue weighted by Gasteiger charge is -2.37. The lowest BCUT2D eigenvalue weighted by molar-refractivity contribution is -0.118. The molecule has 2 heterocycles. The normalized spacial score (nSPS) is 19.4. The molecule has 172 valence electrons. The van der Waals surface area contributed by atoms with E-state index in [4.69, 9.17) is 4.74 Å². The molecule has 2 aliphatic heterocycles. The summed E-state index contributed by atoms with van der Waals surface area (Å²) in [7, 11) is 0. The number of carbonyl (C=O) groups is 2. The predicted octanol–water partition coefficient (Wildman–Crippen LogP) is 4.32. The zero-order valence-electron chi connectivity index (χ0n) is 19.9. The van der Waals surface area contributed by atoms with Gasteiger partial charge in [-0.2, -0.15) is 0 Å². The summed E-state index contributed by atoms with van der Waals surface area (Å²) in [6.45, 7) is 14.0. The van der Waals surface area contributed by atoms with E-state index in [2.05, 4.69) is 11.0 Å². The fourth-order valence-corrected chi connectivity index (χ4v) is 4.58. The second-order valence-corrected chi connectivity index (χ2v) is 10.2. The number of nitrogens with zero attached hydrogens (tertiary/aromatic N) is 3. The highest BCUT2D eigenvalue weighted by atomic mass is 16.6. The van der Waals surface area contributed by atoms with Gasteiger partial charge in [0.2, 0.25) is 5.91 Å². The molecular weight excluding hydrogens is 390 g/mol. The van der Waals surface area contributed by atoms with Gasteiger partial charge in [0.05, 0.1) is 0 Å². The van der Waals surface area contributed by atoms with E-state index in [0.717, 1.165) is 51.1 Å². The van der Waals surface area contributed by atoms with Gasteiger partial charge in [0, 0.05) is 44.3 Å². The second kappa shape index (κ2) is 10.0. The Balaban J connectivity index is 1.51. The molecule has 6 heteroatoms. The van der Waals surface area contributed by atoms with Crippen LogP contribution in [-0.4, -0.2) is 66.2 Å². The SMILES string of the molecule is CC(C)N(CC1CCCN(CCC(=O)N2CCc3ccccc32)C1)C(=O)OC(C)(C)C. The summed E-state index contributed by atoms with van der Waals surface area (Å²) in [5, 5.41) is 0. The summed E-state index contributed by atoms with van der Waals surface area (Å²) >= 11 is 0. The Morgan fingerprint density at radius 1 is 1.19 bits per heavy atom. The largest absolute Gasteiger partial charge is 0.444 e. The lowest BCUT2D eigenvalue weighted by atomic mass is 9.97. The number of benzene rings is 1. The van der Waals surface area contributed by atoms with Crippen LogP contribution in [0.5, 0.6) is 0 Å². The Bertz CT molecular complexity index is 772. The van der Waals surface area contributed by atoms with Crippen LogP contribution in [0.1, 0.15) is 59.4 Å². The monoisotopic (exact) mass is 429 g/mol. The maximum Gasteiger partial charge on any atom is 0.410 e. The number of carbonyl (C=O) groups excluding carboxylic acids is 2. The van der Waals surface area contributed by atoms with Crippen molar-refractivity contribution < 1.29 is 14.3 Å². The van der Waals surface area contributed by atoms with E-state index in [1.165, 1.54) is 5.56 Å². The molecule has 2 amide bonds. The minimum Gasteiger partial charge on any atom is -0.444 e. The Morgan fingerprint density at radius 2 is 1.94 bits per heavy atom. The lowest BCUT2D eigenvalue weighted by Crippen LogP contribution is -2.47. The second-order valence-electron chi connectivity index (χ2n) is 10.2. The van der Waals surface area contributed by atoms with Crippen molar-refractivity contribution in [1.82, 2.24) is 9.80 Å². The summed E-state index contributed by atoms with van der Waals surface area (Å²) in [6.07, 6.45) is 3.47. The van der Waals surface area contributed by atoms with Gasteiger partial charge in [0.1, 0.15) is 5.60 Å². The molecule has 1 aromatic carbocycles. The number of piperidine rings is 1. The van der Waals surface area contributed by atoms with Gasteiger partial charge in [-0.1, -0.05) is 18.2 Å². The van der Waals surface area contributed by atoms with Crippen molar-refractivity contribution in [2.75, 3.05) is 37.6 Å². The average molecular weight is 430 g/mol. The molecule has 0 radical (unpaired) electrons. The first-order valence-electron chi connectivity index (χ1n) is 11.7. The molecule has 1 atom stereocenters. The molecule has 1 fully saturated rings. The van der Waals surface area contributed by atoms with Crippen molar-refractivity contribution in [3.63, 3.8) is 0 Å². The third kappa shape index (κ3) is 6.45. The quantitative estimate of drug-likeness (QED) is 0.676. The zero-order valence-corrected chi connectivity index (χ0v) is 19.9. The van der Waals surface area contributed by atoms with Gasteiger partial charge in [-0.15, -0.1) is 0 Å². The van der Waals surface area contributed by atoms with Crippen molar-refractivity contribution in [3.8, 4) is 0 Å². The van der Waals surface area contributed by atoms with Crippen LogP contribution in [0.25, 0.3) is 0 Å². The smallest absolute Gasteiger partial charge is 0.410 e. The van der Waals surface area contributed by atoms with E-state index < -0.39 is 5.60 Å². The van der Waals surface area contributed by atoms with Crippen molar-refractivity contribution >= 4 is 17.7 Å². The highest BCUT2D eigenvalue weighted by Gasteiger charge is 2.30. The Morgan fingerprint density at radius 3 is 2.65 bits per heavy atom. The maximum absolute atomic E-state index is 12.9. The first-order valence-corrected chi connectivity index (χ1v) is 11.7. The van der Waals surface area contributed by atoms with Crippen molar-refractivity contribution in [2.45, 2.75) is 71.9 Å². The van der Waals surface area contributed by atoms with E-state index in [1.807, 2.05) is 62.6 Å². The molecule has 1 aromatic rings. The number of hydrogen-bond donors (Lipinski definition) is 0. The van der Waals surface area contributed by atoms with Crippen LogP contribution < -0.4 is 4.90 Å². The summed E-state index contributed by atoms with van der Waals surface area (Å²) in [4.78, 5) is 31.7. The molecule has 2 aliphatic rings. The van der Waals surface area contributed by atoms with Gasteiger partial charge >= 0.3 is 6.09 Å². The molecule has 3 rings (SSSR count). The summed E-state index contributed by atoms with van der Waals surface area (Å²) in [5.74, 6) is 0.621. The molecule has 1 saturated heterocycles. The third-order valence-electron chi connectivity index (χ3n) is 6.14. The first kappa shape index (κ1) is 23.6. The van der Waals surface area contributed by atoms with Crippen LogP contribution in [0.4, 0.5) is 10.5 Å². The average Bonchev–Trinajstić information content (AvgIpc) is 3.13. The molecule has 0 aromatic heterocycles. The first-order chi connectivity index (χ1) is 14.6. The molecule has 0 saturated carbocycles. The molecule has 6 nitrogen and oxygen atoms in total. The number of likely N-dealkylation sites (tertiary alicyclic amines) is 1. The molecule has 0 spiro atoms. The van der Waals surface area contributed by atoms with Gasteiger partial charge in [-0.3, -0.25) is 4.79 Å². The summed E-state index contributed by atoms with van der Waals surface area (Å²) < 4.78 is 5.62. The van der Waals surface area contributed by atoms with Gasteiger partial charge in [0.25, 0.3) is 0 Å². The van der Waals surface area contributed by atoms with Crippen LogP contribution in [-0.2, 0) is 16.0 Å². The topological polar surface area (TPSA) is 53.1 Å². The van der Waals surface area contributed by atoms with Gasteiger partial charge in [-0.25, -0.2) is 4.79 Å². The Hall–Kier alpha value is -2.08. The maximum atomic E-state index is 12.9. The van der Waals surface area contributed by atoms with Crippen molar-refractivity contribution in [1.29, 1.82) is 0 Å². The number of ether oxygens (including phenoxy) is 1. The highest BCUT2D eigenvalue weighted by Crippen LogP contribution is 2.28. The van der Waals surface area contributed by atoms with E-state index in [9.17, 15) is 9.59 Å². The number of fused-ring (bicyclic) bond motifs is 1. The highest BCUT2D eigenvalue weighted by molar-refractivity contribution is 5.95. The molecular formula is C25H39N3O3. The molecule has 31 heavy (non-hydrogen) atoms. The van der Waals surface area contributed by atoms with Crippen LogP contribution in [0.2, 0.25) is 0 Å². The number of rotatable bonds is 6. The molecule has 0 aliphatic carbocycles. The van der Waals surface area contributed by atoms with Crippen LogP contribution in [0, 0.1) is 5.92 Å². The van der Waals surface area contributed by atoms with Crippen LogP contribution >= 0.6 is 0 Å². The van der Waals surface area contributed by atoms with Crippen LogP contribution in [0.15, 0.2) is 24.3 Å². The van der Waals surface area contributed by atoms with Crippen LogP contribution in [0.3, 0.4) is 0 Å². The number of anilines is 1. The van der Waals surface area contributed by atoms with E-state index in [-0.39, 0.29) is 18.0 Å². The van der Waals surface area contributed by atoms with Gasteiger partial charge in [0.15, 0.2) is 0 Å². The molecule has 0 bridgehead atoms. The Kier molecular flexibility index (Phi) is 7.63. The number of hydrogen-bond acceptors (Lipinski definition) is 4. The Labute approximate surface area is 187 Å². The fraction of sp³-hybridized carbons (Fsp3) is 0.680. The standard InChI is InChI=1S/C25H39N3O3/c1-19(2)28(24(30)31-25(3,4)5)18-20-9-8-14-26(17-20)15-13-23(29)27-16-12-21-10-6-7-11-22(21)27/h6-7,10-11,19-20H,8-9,12-18H2,1-5H3. The van der Waals surface area contributed by atoms with E-state index in [1.54, 1.807) is 0 Å². The minimum absolute atomic E-state index is 0.0991. The molecule has 1 unspecified atom stereocenters. The fourth-order valence-electron chi connectivity index (χ4n) is 4.58. The summed E-state index contributed by atoms with van der Waals surface area (Å²) in [5.41, 5.74) is 1.86. The predicted molar refractivity (Wildman–Crippen MR) is 124 cm³/mol. The van der Waals surface area contributed by atoms with E-state index in [0.29, 0.717) is 18.9 Å². The molecule has 0 N–H and O–H groups in total.